The van der Waals surface area contributed by atoms with Crippen molar-refractivity contribution in [3.05, 3.63) is 17.1 Å². The zero-order valence-corrected chi connectivity index (χ0v) is 8.88. The van der Waals surface area contributed by atoms with Crippen molar-refractivity contribution in [3.8, 4) is 6.07 Å². The van der Waals surface area contributed by atoms with E-state index in [4.69, 9.17) is 11.0 Å². The fourth-order valence-corrected chi connectivity index (χ4v) is 1.12. The second kappa shape index (κ2) is 4.97. The number of halogens is 3. The molecule has 0 radical (unpaired) electrons. The van der Waals surface area contributed by atoms with Crippen molar-refractivity contribution in [2.45, 2.75) is 19.7 Å². The number of nitrogens with zero attached hydrogens (tertiary/aromatic N) is 3. The molecular formula is C9H9F3N4O. The summed E-state index contributed by atoms with van der Waals surface area (Å²) in [6.45, 7) is -0.268. The van der Waals surface area contributed by atoms with E-state index in [1.807, 2.05) is 0 Å². The van der Waals surface area contributed by atoms with Gasteiger partial charge in [0.15, 0.2) is 5.82 Å². The number of nitriles is 1. The highest BCUT2D eigenvalue weighted by atomic mass is 19.4. The van der Waals surface area contributed by atoms with Gasteiger partial charge in [-0.15, -0.1) is 0 Å². The Morgan fingerprint density at radius 1 is 1.41 bits per heavy atom. The van der Waals surface area contributed by atoms with E-state index in [2.05, 4.69) is 14.7 Å². The predicted molar refractivity (Wildman–Crippen MR) is 51.6 cm³/mol. The van der Waals surface area contributed by atoms with E-state index < -0.39 is 19.4 Å². The van der Waals surface area contributed by atoms with Gasteiger partial charge in [0.05, 0.1) is 5.69 Å². The van der Waals surface area contributed by atoms with Crippen LogP contribution >= 0.6 is 0 Å². The number of alkyl halides is 3. The standard InChI is InChI=1S/C9H9F3N4O/c1-5-6(2-13)8(14)16-7(15-5)3-17-4-9(10,11)12/h3-4H2,1H3,(H2,14,15,16). The quantitative estimate of drug-likeness (QED) is 0.869. The van der Waals surface area contributed by atoms with Gasteiger partial charge in [-0.05, 0) is 6.92 Å². The van der Waals surface area contributed by atoms with Crippen LogP contribution in [0.15, 0.2) is 0 Å². The Labute approximate surface area is 95.0 Å². The van der Waals surface area contributed by atoms with Crippen molar-refractivity contribution in [1.82, 2.24) is 9.97 Å². The van der Waals surface area contributed by atoms with Gasteiger partial charge in [0, 0.05) is 0 Å². The van der Waals surface area contributed by atoms with Crippen LogP contribution < -0.4 is 5.73 Å². The lowest BCUT2D eigenvalue weighted by Gasteiger charge is -2.08. The Morgan fingerprint density at radius 3 is 2.53 bits per heavy atom. The molecule has 5 nitrogen and oxygen atoms in total. The Hall–Kier alpha value is -1.88. The number of nitrogen functional groups attached to an aromatic ring is 1. The van der Waals surface area contributed by atoms with E-state index in [9.17, 15) is 13.2 Å². The van der Waals surface area contributed by atoms with E-state index in [0.717, 1.165) is 0 Å². The Balaban J connectivity index is 2.72. The lowest BCUT2D eigenvalue weighted by molar-refractivity contribution is -0.177. The SMILES string of the molecule is Cc1nc(COCC(F)(F)F)nc(N)c1C#N. The maximum absolute atomic E-state index is 11.8. The minimum atomic E-state index is -4.40. The van der Waals surface area contributed by atoms with Crippen LogP contribution in [-0.2, 0) is 11.3 Å². The summed E-state index contributed by atoms with van der Waals surface area (Å²) in [4.78, 5) is 7.49. The Morgan fingerprint density at radius 2 is 2.06 bits per heavy atom. The molecule has 17 heavy (non-hydrogen) atoms. The van der Waals surface area contributed by atoms with Gasteiger partial charge in [0.2, 0.25) is 0 Å². The molecule has 0 aromatic carbocycles. The molecule has 8 heteroatoms. The van der Waals surface area contributed by atoms with Crippen LogP contribution in [0.3, 0.4) is 0 Å². The van der Waals surface area contributed by atoms with Crippen LogP contribution in [0, 0.1) is 18.3 Å². The molecule has 0 amide bonds. The number of aryl methyl sites for hydroxylation is 1. The maximum Gasteiger partial charge on any atom is 0.411 e. The van der Waals surface area contributed by atoms with Gasteiger partial charge in [-0.1, -0.05) is 0 Å². The van der Waals surface area contributed by atoms with E-state index >= 15 is 0 Å². The van der Waals surface area contributed by atoms with Crippen molar-refractivity contribution < 1.29 is 17.9 Å². The molecule has 1 aromatic rings. The molecule has 0 aliphatic rings. The third-order valence-electron chi connectivity index (χ3n) is 1.77. The Kier molecular flexibility index (Phi) is 3.85. The van der Waals surface area contributed by atoms with Crippen LogP contribution in [0.4, 0.5) is 19.0 Å². The fourth-order valence-electron chi connectivity index (χ4n) is 1.12. The average molecular weight is 246 g/mol. The fraction of sp³-hybridized carbons (Fsp3) is 0.444. The summed E-state index contributed by atoms with van der Waals surface area (Å²) in [6.07, 6.45) is -4.40. The van der Waals surface area contributed by atoms with Gasteiger partial charge >= 0.3 is 6.18 Å². The molecule has 0 fully saturated rings. The molecule has 0 aliphatic carbocycles. The molecule has 1 heterocycles. The van der Waals surface area contributed by atoms with Crippen molar-refractivity contribution in [3.63, 3.8) is 0 Å². The number of hydrogen-bond acceptors (Lipinski definition) is 5. The van der Waals surface area contributed by atoms with Crippen LogP contribution in [0.25, 0.3) is 0 Å². The first-order valence-corrected chi connectivity index (χ1v) is 4.51. The van der Waals surface area contributed by atoms with Gasteiger partial charge < -0.3 is 10.5 Å². The van der Waals surface area contributed by atoms with Crippen LogP contribution in [0.5, 0.6) is 0 Å². The molecule has 92 valence electrons. The van der Waals surface area contributed by atoms with Crippen molar-refractivity contribution in [2.75, 3.05) is 12.3 Å². The molecule has 0 atom stereocenters. The van der Waals surface area contributed by atoms with E-state index in [1.165, 1.54) is 6.92 Å². The van der Waals surface area contributed by atoms with Gasteiger partial charge in [-0.3, -0.25) is 0 Å². The zero-order chi connectivity index (χ0) is 13.1. The minimum absolute atomic E-state index is 0.0169. The molecular weight excluding hydrogens is 237 g/mol. The maximum atomic E-state index is 11.8. The normalized spacial score (nSPS) is 11.2. The van der Waals surface area contributed by atoms with Gasteiger partial charge in [0.25, 0.3) is 0 Å². The van der Waals surface area contributed by atoms with Crippen LogP contribution in [0.1, 0.15) is 17.1 Å². The van der Waals surface area contributed by atoms with Crippen molar-refractivity contribution >= 4 is 5.82 Å². The predicted octanol–water partition coefficient (Wildman–Crippen LogP) is 1.32. The van der Waals surface area contributed by atoms with E-state index in [1.54, 1.807) is 6.07 Å². The highest BCUT2D eigenvalue weighted by Gasteiger charge is 2.27. The van der Waals surface area contributed by atoms with Crippen molar-refractivity contribution in [1.29, 1.82) is 5.26 Å². The van der Waals surface area contributed by atoms with Crippen molar-refractivity contribution in [2.24, 2.45) is 0 Å². The molecule has 1 rings (SSSR count). The first-order valence-electron chi connectivity index (χ1n) is 4.51. The molecule has 0 bridgehead atoms. The second-order valence-corrected chi connectivity index (χ2v) is 3.21. The largest absolute Gasteiger partial charge is 0.411 e. The number of aromatic nitrogens is 2. The van der Waals surface area contributed by atoms with E-state index in [0.29, 0.717) is 5.69 Å². The molecule has 2 N–H and O–H groups in total. The smallest absolute Gasteiger partial charge is 0.382 e. The zero-order valence-electron chi connectivity index (χ0n) is 8.88. The monoisotopic (exact) mass is 246 g/mol. The molecule has 0 unspecified atom stereocenters. The second-order valence-electron chi connectivity index (χ2n) is 3.21. The molecule has 0 spiro atoms. The summed E-state index contributed by atoms with van der Waals surface area (Å²) in [5.74, 6) is -0.0474. The number of hydrogen-bond donors (Lipinski definition) is 1. The molecule has 0 aliphatic heterocycles. The van der Waals surface area contributed by atoms with Gasteiger partial charge in [0.1, 0.15) is 30.7 Å². The summed E-state index contributed by atoms with van der Waals surface area (Å²) >= 11 is 0. The van der Waals surface area contributed by atoms with Gasteiger partial charge in [-0.2, -0.15) is 18.4 Å². The summed E-state index contributed by atoms with van der Waals surface area (Å²) in [5.41, 5.74) is 5.86. The minimum Gasteiger partial charge on any atom is -0.382 e. The summed E-state index contributed by atoms with van der Waals surface area (Å²) in [7, 11) is 0. The Bertz CT molecular complexity index is 430. The first-order chi connectivity index (χ1) is 7.83. The third-order valence-corrected chi connectivity index (χ3v) is 1.77. The summed E-state index contributed by atoms with van der Waals surface area (Å²) < 4.78 is 39.8. The number of nitrogens with two attached hydrogens (primary N) is 1. The molecule has 1 aromatic heterocycles. The van der Waals surface area contributed by atoms with Crippen LogP contribution in [-0.4, -0.2) is 22.8 Å². The molecule has 0 saturated heterocycles. The number of ether oxygens (including phenoxy) is 1. The lowest BCUT2D eigenvalue weighted by atomic mass is 10.2. The first kappa shape index (κ1) is 13.2. The average Bonchev–Trinajstić information content (AvgIpc) is 2.15. The highest BCUT2D eigenvalue weighted by molar-refractivity contribution is 5.50. The van der Waals surface area contributed by atoms with Gasteiger partial charge in [-0.25, -0.2) is 9.97 Å². The molecule has 0 saturated carbocycles. The summed E-state index contributed by atoms with van der Waals surface area (Å²) in [5, 5.41) is 8.68. The number of rotatable bonds is 3. The topological polar surface area (TPSA) is 84.8 Å². The lowest BCUT2D eigenvalue weighted by Crippen LogP contribution is -2.17. The summed E-state index contributed by atoms with van der Waals surface area (Å²) in [6, 6.07) is 1.80. The van der Waals surface area contributed by atoms with Crippen LogP contribution in [0.2, 0.25) is 0 Å². The highest BCUT2D eigenvalue weighted by Crippen LogP contribution is 2.16. The third kappa shape index (κ3) is 3.88. The number of anilines is 1. The van der Waals surface area contributed by atoms with E-state index in [-0.39, 0.29) is 17.2 Å².